The van der Waals surface area contributed by atoms with Crippen LogP contribution < -0.4 is 11.1 Å². The monoisotopic (exact) mass is 301 g/mol. The van der Waals surface area contributed by atoms with Gasteiger partial charge in [-0.3, -0.25) is 0 Å². The summed E-state index contributed by atoms with van der Waals surface area (Å²) in [6.07, 6.45) is 0.837. The summed E-state index contributed by atoms with van der Waals surface area (Å²) in [5.74, 6) is -0.187. The van der Waals surface area contributed by atoms with Crippen LogP contribution in [0.25, 0.3) is 10.2 Å². The summed E-state index contributed by atoms with van der Waals surface area (Å²) in [4.78, 5) is 4.51. The third-order valence-electron chi connectivity index (χ3n) is 3.39. The zero-order valence-electron chi connectivity index (χ0n) is 11.7. The fourth-order valence-corrected chi connectivity index (χ4v) is 3.20. The summed E-state index contributed by atoms with van der Waals surface area (Å²) in [7, 11) is 0. The fourth-order valence-electron chi connectivity index (χ4n) is 2.26. The van der Waals surface area contributed by atoms with Crippen LogP contribution >= 0.6 is 11.3 Å². The Hall–Kier alpha value is -2.14. The second-order valence-corrected chi connectivity index (χ2v) is 6.02. The number of aryl methyl sites for hydroxylation is 1. The Kier molecular flexibility index (Phi) is 3.75. The van der Waals surface area contributed by atoms with Crippen molar-refractivity contribution in [2.24, 2.45) is 0 Å². The maximum atomic E-state index is 13.1. The van der Waals surface area contributed by atoms with E-state index in [-0.39, 0.29) is 5.82 Å². The van der Waals surface area contributed by atoms with E-state index in [9.17, 15) is 4.39 Å². The van der Waals surface area contributed by atoms with Crippen LogP contribution in [0.3, 0.4) is 0 Å². The van der Waals surface area contributed by atoms with Crippen molar-refractivity contribution in [2.75, 3.05) is 17.6 Å². The normalized spacial score (nSPS) is 11.0. The number of halogens is 1. The predicted octanol–water partition coefficient (Wildman–Crippen LogP) is 3.98. The molecule has 0 saturated heterocycles. The lowest BCUT2D eigenvalue weighted by atomic mass is 10.1. The van der Waals surface area contributed by atoms with Gasteiger partial charge in [0.05, 0.1) is 10.2 Å². The van der Waals surface area contributed by atoms with Crippen molar-refractivity contribution in [3.63, 3.8) is 0 Å². The van der Waals surface area contributed by atoms with Gasteiger partial charge < -0.3 is 11.1 Å². The molecule has 3 aromatic rings. The van der Waals surface area contributed by atoms with Gasteiger partial charge in [0.15, 0.2) is 5.13 Å². The van der Waals surface area contributed by atoms with E-state index >= 15 is 0 Å². The maximum Gasteiger partial charge on any atom is 0.183 e. The molecule has 0 unspecified atom stereocenters. The third kappa shape index (κ3) is 3.13. The molecule has 1 heterocycles. The number of anilines is 2. The van der Waals surface area contributed by atoms with Gasteiger partial charge in [-0.15, -0.1) is 0 Å². The predicted molar refractivity (Wildman–Crippen MR) is 87.4 cm³/mol. The first kappa shape index (κ1) is 13.8. The van der Waals surface area contributed by atoms with Gasteiger partial charge in [0.1, 0.15) is 5.82 Å². The summed E-state index contributed by atoms with van der Waals surface area (Å²) >= 11 is 1.59. The van der Waals surface area contributed by atoms with Gasteiger partial charge in [-0.1, -0.05) is 17.4 Å². The Labute approximate surface area is 126 Å². The minimum Gasteiger partial charge on any atom is -0.399 e. The number of aromatic nitrogens is 1. The Balaban J connectivity index is 1.66. The van der Waals surface area contributed by atoms with E-state index in [2.05, 4.69) is 10.3 Å². The van der Waals surface area contributed by atoms with Gasteiger partial charge >= 0.3 is 0 Å². The highest BCUT2D eigenvalue weighted by Gasteiger charge is 2.04. The summed E-state index contributed by atoms with van der Waals surface area (Å²) in [5.41, 5.74) is 9.60. The number of hydrogen-bond acceptors (Lipinski definition) is 4. The maximum absolute atomic E-state index is 13.1. The zero-order valence-corrected chi connectivity index (χ0v) is 12.5. The highest BCUT2D eigenvalue weighted by Crippen LogP contribution is 2.27. The lowest BCUT2D eigenvalue weighted by Crippen LogP contribution is -2.05. The molecule has 5 heteroatoms. The molecule has 3 rings (SSSR count). The van der Waals surface area contributed by atoms with Crippen LogP contribution in [0.4, 0.5) is 15.2 Å². The molecule has 0 atom stereocenters. The molecule has 21 heavy (non-hydrogen) atoms. The van der Waals surface area contributed by atoms with E-state index in [4.69, 9.17) is 5.73 Å². The van der Waals surface area contributed by atoms with Gasteiger partial charge in [-0.2, -0.15) is 0 Å². The van der Waals surface area contributed by atoms with Crippen LogP contribution in [0.15, 0.2) is 36.4 Å². The fraction of sp³-hybridized carbons (Fsp3) is 0.188. The van der Waals surface area contributed by atoms with Gasteiger partial charge in [0.25, 0.3) is 0 Å². The lowest BCUT2D eigenvalue weighted by Gasteiger charge is -2.06. The number of hydrogen-bond donors (Lipinski definition) is 2. The number of nitrogens with one attached hydrogen (secondary N) is 1. The number of nitrogens with zero attached hydrogens (tertiary/aromatic N) is 1. The minimum absolute atomic E-state index is 0.187. The summed E-state index contributed by atoms with van der Waals surface area (Å²) in [6.45, 7) is 2.70. The Morgan fingerprint density at radius 2 is 2.10 bits per heavy atom. The molecule has 108 valence electrons. The van der Waals surface area contributed by atoms with Crippen molar-refractivity contribution < 1.29 is 4.39 Å². The van der Waals surface area contributed by atoms with Crippen molar-refractivity contribution in [1.82, 2.24) is 4.98 Å². The molecule has 1 aromatic heterocycles. The van der Waals surface area contributed by atoms with E-state index in [1.54, 1.807) is 17.4 Å². The number of nitrogens with two attached hydrogens (primary N) is 1. The van der Waals surface area contributed by atoms with Gasteiger partial charge in [-0.05, 0) is 54.8 Å². The second kappa shape index (κ2) is 5.69. The van der Waals surface area contributed by atoms with E-state index in [0.29, 0.717) is 0 Å². The Morgan fingerprint density at radius 3 is 2.90 bits per heavy atom. The Morgan fingerprint density at radius 1 is 1.24 bits per heavy atom. The van der Waals surface area contributed by atoms with Gasteiger partial charge in [0.2, 0.25) is 0 Å². The highest BCUT2D eigenvalue weighted by molar-refractivity contribution is 7.22. The standard InChI is InChI=1S/C16H16FN3S/c1-10-8-12(17)3-2-11(10)6-7-19-16-20-14-5-4-13(18)9-15(14)21-16/h2-5,8-9H,6-7,18H2,1H3,(H,19,20). The van der Waals surface area contributed by atoms with E-state index in [0.717, 1.165) is 45.1 Å². The SMILES string of the molecule is Cc1cc(F)ccc1CCNc1nc2ccc(N)cc2s1. The average molecular weight is 301 g/mol. The number of thiazole rings is 1. The minimum atomic E-state index is -0.187. The molecule has 0 radical (unpaired) electrons. The highest BCUT2D eigenvalue weighted by atomic mass is 32.1. The van der Waals surface area contributed by atoms with Crippen molar-refractivity contribution in [3.8, 4) is 0 Å². The molecule has 2 aromatic carbocycles. The first-order valence-corrected chi connectivity index (χ1v) is 7.58. The number of fused-ring (bicyclic) bond motifs is 1. The molecule has 0 aliphatic carbocycles. The zero-order chi connectivity index (χ0) is 14.8. The number of benzene rings is 2. The first-order chi connectivity index (χ1) is 10.1. The van der Waals surface area contributed by atoms with E-state index in [1.165, 1.54) is 6.07 Å². The van der Waals surface area contributed by atoms with E-state index in [1.807, 2.05) is 31.2 Å². The second-order valence-electron chi connectivity index (χ2n) is 4.99. The molecular formula is C16H16FN3S. The van der Waals surface area contributed by atoms with Crippen LogP contribution in [0.2, 0.25) is 0 Å². The molecule has 0 amide bonds. The van der Waals surface area contributed by atoms with Crippen LogP contribution in [-0.4, -0.2) is 11.5 Å². The Bertz CT molecular complexity index is 782. The first-order valence-electron chi connectivity index (χ1n) is 6.77. The smallest absolute Gasteiger partial charge is 0.183 e. The third-order valence-corrected chi connectivity index (χ3v) is 4.36. The number of rotatable bonds is 4. The van der Waals surface area contributed by atoms with Crippen LogP contribution in [-0.2, 0) is 6.42 Å². The average Bonchev–Trinajstić information content (AvgIpc) is 2.83. The number of nitrogen functional groups attached to an aromatic ring is 1. The summed E-state index contributed by atoms with van der Waals surface area (Å²) < 4.78 is 14.1. The van der Waals surface area contributed by atoms with Crippen LogP contribution in [0.5, 0.6) is 0 Å². The topological polar surface area (TPSA) is 50.9 Å². The van der Waals surface area contributed by atoms with Crippen molar-refractivity contribution in [2.45, 2.75) is 13.3 Å². The van der Waals surface area contributed by atoms with Crippen molar-refractivity contribution >= 4 is 32.4 Å². The van der Waals surface area contributed by atoms with Crippen LogP contribution in [0.1, 0.15) is 11.1 Å². The summed E-state index contributed by atoms with van der Waals surface area (Å²) in [6, 6.07) is 10.6. The molecule has 0 saturated carbocycles. The van der Waals surface area contributed by atoms with Crippen LogP contribution in [0, 0.1) is 12.7 Å². The molecule has 3 N–H and O–H groups in total. The molecule has 0 fully saturated rings. The van der Waals surface area contributed by atoms with Gasteiger partial charge in [0, 0.05) is 12.2 Å². The lowest BCUT2D eigenvalue weighted by molar-refractivity contribution is 0.625. The molecular weight excluding hydrogens is 285 g/mol. The van der Waals surface area contributed by atoms with E-state index < -0.39 is 0 Å². The largest absolute Gasteiger partial charge is 0.399 e. The molecule has 3 nitrogen and oxygen atoms in total. The molecule has 0 aliphatic rings. The summed E-state index contributed by atoms with van der Waals surface area (Å²) in [5, 5.41) is 4.20. The van der Waals surface area contributed by atoms with Crippen molar-refractivity contribution in [1.29, 1.82) is 0 Å². The van der Waals surface area contributed by atoms with Gasteiger partial charge in [-0.25, -0.2) is 9.37 Å². The molecule has 0 spiro atoms. The molecule has 0 aliphatic heterocycles. The van der Waals surface area contributed by atoms with Crippen molar-refractivity contribution in [3.05, 3.63) is 53.3 Å². The molecule has 0 bridgehead atoms. The quantitative estimate of drug-likeness (QED) is 0.717.